The number of rotatable bonds is 5. The number of fused-ring (bicyclic) bond motifs is 1. The summed E-state index contributed by atoms with van der Waals surface area (Å²) in [6.07, 6.45) is 8.67. The van der Waals surface area contributed by atoms with Crippen molar-refractivity contribution in [1.29, 1.82) is 0 Å². The minimum Gasteiger partial charge on any atom is -0.484 e. The third-order valence-electron chi connectivity index (χ3n) is 5.56. The van der Waals surface area contributed by atoms with Crippen LogP contribution in [-0.2, 0) is 17.6 Å². The molecule has 27 heavy (non-hydrogen) atoms. The van der Waals surface area contributed by atoms with Crippen molar-refractivity contribution in [2.45, 2.75) is 44.9 Å². The van der Waals surface area contributed by atoms with Crippen LogP contribution in [-0.4, -0.2) is 25.6 Å². The Morgan fingerprint density at radius 1 is 0.889 bits per heavy atom. The van der Waals surface area contributed by atoms with Gasteiger partial charge in [0.25, 0.3) is 5.91 Å². The molecule has 1 aliphatic heterocycles. The number of carbonyl (C=O) groups excluding carboxylic acids is 1. The number of benzene rings is 2. The molecule has 0 radical (unpaired) electrons. The van der Waals surface area contributed by atoms with Gasteiger partial charge in [0.15, 0.2) is 6.61 Å². The number of ether oxygens (including phenoxy) is 1. The van der Waals surface area contributed by atoms with E-state index in [1.165, 1.54) is 48.9 Å². The van der Waals surface area contributed by atoms with Crippen molar-refractivity contribution in [3.8, 4) is 5.75 Å². The lowest BCUT2D eigenvalue weighted by atomic mass is 10.1. The zero-order chi connectivity index (χ0) is 18.5. The van der Waals surface area contributed by atoms with E-state index in [0.29, 0.717) is 0 Å². The number of amides is 1. The Hall–Kier alpha value is -2.49. The molecule has 142 valence electrons. The molecule has 1 saturated heterocycles. The van der Waals surface area contributed by atoms with Crippen LogP contribution in [0.1, 0.15) is 43.2 Å². The average Bonchev–Trinajstić information content (AvgIpc) is 2.99. The number of hydrogen-bond donors (Lipinski definition) is 1. The Kier molecular flexibility index (Phi) is 5.61. The van der Waals surface area contributed by atoms with Crippen molar-refractivity contribution in [3.05, 3.63) is 53.6 Å². The van der Waals surface area contributed by atoms with Gasteiger partial charge in [-0.25, -0.2) is 0 Å². The van der Waals surface area contributed by atoms with E-state index < -0.39 is 0 Å². The number of aryl methyl sites for hydroxylation is 2. The molecule has 4 heteroatoms. The van der Waals surface area contributed by atoms with Gasteiger partial charge < -0.3 is 15.0 Å². The summed E-state index contributed by atoms with van der Waals surface area (Å²) >= 11 is 0. The normalized spacial score (nSPS) is 16.5. The van der Waals surface area contributed by atoms with E-state index in [2.05, 4.69) is 34.5 Å². The Morgan fingerprint density at radius 3 is 2.41 bits per heavy atom. The fourth-order valence-electron chi connectivity index (χ4n) is 4.07. The van der Waals surface area contributed by atoms with E-state index >= 15 is 0 Å². The Bertz CT molecular complexity index is 777. The van der Waals surface area contributed by atoms with Gasteiger partial charge in [-0.15, -0.1) is 0 Å². The van der Waals surface area contributed by atoms with Gasteiger partial charge in [-0.2, -0.15) is 0 Å². The lowest BCUT2D eigenvalue weighted by Crippen LogP contribution is -2.24. The van der Waals surface area contributed by atoms with Crippen molar-refractivity contribution >= 4 is 17.3 Å². The SMILES string of the molecule is O=C(COc1ccc2c(c1)CCC2)Nc1ccc(N2CCCCCC2)cc1. The van der Waals surface area contributed by atoms with Crippen LogP contribution < -0.4 is 15.0 Å². The molecule has 1 aliphatic carbocycles. The van der Waals surface area contributed by atoms with Crippen LogP contribution in [0.4, 0.5) is 11.4 Å². The molecule has 0 bridgehead atoms. The summed E-state index contributed by atoms with van der Waals surface area (Å²) in [4.78, 5) is 14.6. The predicted octanol–water partition coefficient (Wildman–Crippen LogP) is 4.57. The number of nitrogens with zero attached hydrogens (tertiary/aromatic N) is 1. The third-order valence-corrected chi connectivity index (χ3v) is 5.56. The molecule has 0 aromatic heterocycles. The van der Waals surface area contributed by atoms with Crippen LogP contribution in [0.5, 0.6) is 5.75 Å². The minimum atomic E-state index is -0.127. The summed E-state index contributed by atoms with van der Waals surface area (Å²) in [7, 11) is 0. The molecule has 1 N–H and O–H groups in total. The van der Waals surface area contributed by atoms with Gasteiger partial charge in [0, 0.05) is 24.5 Å². The van der Waals surface area contributed by atoms with Crippen LogP contribution in [0.3, 0.4) is 0 Å². The van der Waals surface area contributed by atoms with Crippen molar-refractivity contribution < 1.29 is 9.53 Å². The molecule has 1 heterocycles. The largest absolute Gasteiger partial charge is 0.484 e. The van der Waals surface area contributed by atoms with Gasteiger partial charge in [0.05, 0.1) is 0 Å². The molecule has 2 aromatic carbocycles. The summed E-state index contributed by atoms with van der Waals surface area (Å²) < 4.78 is 5.68. The zero-order valence-electron chi connectivity index (χ0n) is 15.9. The Labute approximate surface area is 161 Å². The van der Waals surface area contributed by atoms with Gasteiger partial charge in [-0.3, -0.25) is 4.79 Å². The van der Waals surface area contributed by atoms with E-state index in [0.717, 1.165) is 37.4 Å². The molecule has 2 aromatic rings. The van der Waals surface area contributed by atoms with Crippen LogP contribution in [0.15, 0.2) is 42.5 Å². The maximum absolute atomic E-state index is 12.2. The monoisotopic (exact) mass is 364 g/mol. The lowest BCUT2D eigenvalue weighted by Gasteiger charge is -2.22. The smallest absolute Gasteiger partial charge is 0.262 e. The molecule has 4 nitrogen and oxygen atoms in total. The van der Waals surface area contributed by atoms with Gasteiger partial charge in [-0.05, 0) is 79.6 Å². The quantitative estimate of drug-likeness (QED) is 0.845. The topological polar surface area (TPSA) is 41.6 Å². The minimum absolute atomic E-state index is 0.0344. The summed E-state index contributed by atoms with van der Waals surface area (Å²) in [5, 5.41) is 2.92. The molecule has 0 unspecified atom stereocenters. The van der Waals surface area contributed by atoms with E-state index in [9.17, 15) is 4.79 Å². The number of hydrogen-bond acceptors (Lipinski definition) is 3. The average molecular weight is 364 g/mol. The molecule has 0 spiro atoms. The second-order valence-electron chi connectivity index (χ2n) is 7.57. The van der Waals surface area contributed by atoms with Gasteiger partial charge >= 0.3 is 0 Å². The van der Waals surface area contributed by atoms with Gasteiger partial charge in [-0.1, -0.05) is 18.9 Å². The van der Waals surface area contributed by atoms with Crippen molar-refractivity contribution in [2.24, 2.45) is 0 Å². The third kappa shape index (κ3) is 4.62. The molecule has 2 aliphatic rings. The predicted molar refractivity (Wildman–Crippen MR) is 110 cm³/mol. The summed E-state index contributed by atoms with van der Waals surface area (Å²) in [5.41, 5.74) is 4.83. The maximum Gasteiger partial charge on any atom is 0.262 e. The van der Waals surface area contributed by atoms with Crippen molar-refractivity contribution in [2.75, 3.05) is 29.9 Å². The molecule has 0 atom stereocenters. The number of carbonyl (C=O) groups is 1. The van der Waals surface area contributed by atoms with Crippen LogP contribution in [0.2, 0.25) is 0 Å². The second-order valence-corrected chi connectivity index (χ2v) is 7.57. The Balaban J connectivity index is 1.29. The van der Waals surface area contributed by atoms with Crippen molar-refractivity contribution in [3.63, 3.8) is 0 Å². The van der Waals surface area contributed by atoms with Crippen LogP contribution in [0, 0.1) is 0 Å². The highest BCUT2D eigenvalue weighted by Crippen LogP contribution is 2.26. The number of nitrogens with one attached hydrogen (secondary N) is 1. The van der Waals surface area contributed by atoms with Crippen molar-refractivity contribution in [1.82, 2.24) is 0 Å². The van der Waals surface area contributed by atoms with E-state index in [4.69, 9.17) is 4.74 Å². The summed E-state index contributed by atoms with van der Waals surface area (Å²) in [6.45, 7) is 2.29. The summed E-state index contributed by atoms with van der Waals surface area (Å²) in [6, 6.07) is 14.3. The first-order chi connectivity index (χ1) is 13.3. The first-order valence-corrected chi connectivity index (χ1v) is 10.2. The highest BCUT2D eigenvalue weighted by Gasteiger charge is 2.13. The molecular weight excluding hydrogens is 336 g/mol. The lowest BCUT2D eigenvalue weighted by molar-refractivity contribution is -0.118. The fraction of sp³-hybridized carbons (Fsp3) is 0.435. The molecule has 0 saturated carbocycles. The molecule has 4 rings (SSSR count). The maximum atomic E-state index is 12.2. The molecule has 1 fully saturated rings. The van der Waals surface area contributed by atoms with Gasteiger partial charge in [0.2, 0.25) is 0 Å². The standard InChI is InChI=1S/C23H28N2O2/c26-23(17-27-22-13-8-18-6-5-7-19(18)16-22)24-20-9-11-21(12-10-20)25-14-3-1-2-4-15-25/h8-13,16H,1-7,14-15,17H2,(H,24,26). The molecule has 1 amide bonds. The van der Waals surface area contributed by atoms with Gasteiger partial charge in [0.1, 0.15) is 5.75 Å². The first-order valence-electron chi connectivity index (χ1n) is 10.2. The van der Waals surface area contributed by atoms with Crippen LogP contribution in [0.25, 0.3) is 0 Å². The van der Waals surface area contributed by atoms with E-state index in [1.54, 1.807) is 0 Å². The van der Waals surface area contributed by atoms with Crippen LogP contribution >= 0.6 is 0 Å². The summed E-state index contributed by atoms with van der Waals surface area (Å²) in [5.74, 6) is 0.653. The Morgan fingerprint density at radius 2 is 1.63 bits per heavy atom. The zero-order valence-corrected chi connectivity index (χ0v) is 15.9. The van der Waals surface area contributed by atoms with E-state index in [1.807, 2.05) is 18.2 Å². The second kappa shape index (κ2) is 8.47. The first kappa shape index (κ1) is 17.9. The number of anilines is 2. The van der Waals surface area contributed by atoms with E-state index in [-0.39, 0.29) is 12.5 Å². The highest BCUT2D eigenvalue weighted by atomic mass is 16.5. The molecular formula is C23H28N2O2. The fourth-order valence-corrected chi connectivity index (χ4v) is 4.07. The highest BCUT2D eigenvalue weighted by molar-refractivity contribution is 5.92.